The number of esters is 1. The maximum Gasteiger partial charge on any atom is 0.338 e. The van der Waals surface area contributed by atoms with E-state index in [9.17, 15) is 9.59 Å². The van der Waals surface area contributed by atoms with Gasteiger partial charge in [-0.2, -0.15) is 9.78 Å². The van der Waals surface area contributed by atoms with Crippen LogP contribution in [0, 0.1) is 20.8 Å². The van der Waals surface area contributed by atoms with Crippen molar-refractivity contribution in [1.82, 2.24) is 14.2 Å². The summed E-state index contributed by atoms with van der Waals surface area (Å²) in [6.45, 7) is 11.9. The lowest BCUT2D eigenvalue weighted by atomic mass is 9.95. The van der Waals surface area contributed by atoms with Crippen LogP contribution in [-0.2, 0) is 10.2 Å². The van der Waals surface area contributed by atoms with Crippen molar-refractivity contribution in [2.24, 2.45) is 5.10 Å². The fourth-order valence-corrected chi connectivity index (χ4v) is 4.71. The third-order valence-corrected chi connectivity index (χ3v) is 6.71. The molecular formula is C28H29BrN4O3. The molecule has 0 aliphatic heterocycles. The van der Waals surface area contributed by atoms with Gasteiger partial charge in [-0.25, -0.2) is 9.78 Å². The highest BCUT2D eigenvalue weighted by atomic mass is 79.9. The first-order chi connectivity index (χ1) is 16.9. The van der Waals surface area contributed by atoms with E-state index in [1.54, 1.807) is 18.3 Å². The molecule has 7 nitrogen and oxygen atoms in total. The molecule has 0 atom stereocenters. The maximum absolute atomic E-state index is 13.5. The van der Waals surface area contributed by atoms with Crippen molar-refractivity contribution in [3.05, 3.63) is 91.2 Å². The Kier molecular flexibility index (Phi) is 6.75. The van der Waals surface area contributed by atoms with Gasteiger partial charge >= 0.3 is 5.97 Å². The molecule has 0 bridgehead atoms. The molecule has 0 saturated heterocycles. The molecule has 0 unspecified atom stereocenters. The second kappa shape index (κ2) is 9.50. The van der Waals surface area contributed by atoms with Gasteiger partial charge in [-0.15, -0.1) is 0 Å². The number of rotatable bonds is 4. The van der Waals surface area contributed by atoms with Gasteiger partial charge in [0.15, 0.2) is 0 Å². The molecule has 36 heavy (non-hydrogen) atoms. The van der Waals surface area contributed by atoms with Gasteiger partial charge in [-0.3, -0.25) is 4.79 Å². The van der Waals surface area contributed by atoms with Crippen LogP contribution >= 0.6 is 15.9 Å². The zero-order chi connectivity index (χ0) is 26.4. The lowest BCUT2D eigenvalue weighted by molar-refractivity contribution is 0.0600. The van der Waals surface area contributed by atoms with E-state index in [1.807, 2.05) is 71.9 Å². The Bertz CT molecular complexity index is 1590. The fourth-order valence-electron chi connectivity index (χ4n) is 4.35. The van der Waals surface area contributed by atoms with E-state index in [2.05, 4.69) is 25.6 Å². The summed E-state index contributed by atoms with van der Waals surface area (Å²) in [5.74, 6) is 0.206. The van der Waals surface area contributed by atoms with Gasteiger partial charge in [0, 0.05) is 32.5 Å². The van der Waals surface area contributed by atoms with Crippen LogP contribution in [0.1, 0.15) is 59.5 Å². The number of halogens is 1. The Morgan fingerprint density at radius 2 is 1.83 bits per heavy atom. The Morgan fingerprint density at radius 3 is 2.50 bits per heavy atom. The lowest BCUT2D eigenvalue weighted by Gasteiger charge is -2.20. The Labute approximate surface area is 218 Å². The molecule has 0 fully saturated rings. The largest absolute Gasteiger partial charge is 0.465 e. The van der Waals surface area contributed by atoms with Crippen molar-refractivity contribution in [2.75, 3.05) is 7.11 Å². The van der Waals surface area contributed by atoms with Crippen LogP contribution in [0.15, 0.2) is 56.8 Å². The molecule has 0 aliphatic rings. The van der Waals surface area contributed by atoms with Crippen molar-refractivity contribution in [3.8, 4) is 5.69 Å². The number of fused-ring (bicyclic) bond motifs is 1. The first-order valence-corrected chi connectivity index (χ1v) is 12.4. The standard InChI is InChI=1S/C28H29BrN4O3/c1-16-13-19(18(3)32(16)24-10-8-9-21(17(24)2)26(35)36-7)15-30-33-25(34)22-14-20(29)11-12-23(22)31-27(33)28(4,5)6/h8-15H,1-7H3. The molecule has 0 spiro atoms. The van der Waals surface area contributed by atoms with Gasteiger partial charge < -0.3 is 9.30 Å². The third kappa shape index (κ3) is 4.53. The van der Waals surface area contributed by atoms with Gasteiger partial charge in [-0.1, -0.05) is 42.8 Å². The summed E-state index contributed by atoms with van der Waals surface area (Å²) in [6.07, 6.45) is 1.69. The average Bonchev–Trinajstić information content (AvgIpc) is 3.10. The van der Waals surface area contributed by atoms with Crippen molar-refractivity contribution in [2.45, 2.75) is 47.0 Å². The molecule has 186 valence electrons. The number of aromatic nitrogens is 3. The highest BCUT2D eigenvalue weighted by molar-refractivity contribution is 9.10. The van der Waals surface area contributed by atoms with Crippen LogP contribution < -0.4 is 5.56 Å². The molecule has 4 aromatic rings. The summed E-state index contributed by atoms with van der Waals surface area (Å²) in [6, 6.07) is 13.1. The summed E-state index contributed by atoms with van der Waals surface area (Å²) in [4.78, 5) is 30.5. The third-order valence-electron chi connectivity index (χ3n) is 6.21. The summed E-state index contributed by atoms with van der Waals surface area (Å²) >= 11 is 3.45. The van der Waals surface area contributed by atoms with E-state index >= 15 is 0 Å². The van der Waals surface area contributed by atoms with Crippen LogP contribution in [-0.4, -0.2) is 33.5 Å². The molecule has 2 aromatic heterocycles. The van der Waals surface area contributed by atoms with Crippen LogP contribution in [0.3, 0.4) is 0 Å². The van der Waals surface area contributed by atoms with Crippen molar-refractivity contribution in [1.29, 1.82) is 0 Å². The number of carbonyl (C=O) groups is 1. The summed E-state index contributed by atoms with van der Waals surface area (Å²) in [5, 5.41) is 5.12. The summed E-state index contributed by atoms with van der Waals surface area (Å²) in [7, 11) is 1.38. The van der Waals surface area contributed by atoms with Gasteiger partial charge in [0.1, 0.15) is 5.82 Å². The summed E-state index contributed by atoms with van der Waals surface area (Å²) in [5.41, 5.74) is 5.01. The second-order valence-corrected chi connectivity index (χ2v) is 10.7. The highest BCUT2D eigenvalue weighted by Gasteiger charge is 2.23. The highest BCUT2D eigenvalue weighted by Crippen LogP contribution is 2.26. The first kappa shape index (κ1) is 25.6. The number of ether oxygens (including phenoxy) is 1. The normalized spacial score (nSPS) is 12.0. The van der Waals surface area contributed by atoms with Gasteiger partial charge in [0.2, 0.25) is 0 Å². The topological polar surface area (TPSA) is 78.5 Å². The number of nitrogens with zero attached hydrogens (tertiary/aromatic N) is 4. The van der Waals surface area contributed by atoms with E-state index in [0.29, 0.717) is 22.3 Å². The molecule has 8 heteroatoms. The number of carbonyl (C=O) groups excluding carboxylic acids is 1. The average molecular weight is 549 g/mol. The zero-order valence-corrected chi connectivity index (χ0v) is 23.1. The zero-order valence-electron chi connectivity index (χ0n) is 21.5. The minimum atomic E-state index is -0.403. The number of benzene rings is 2. The molecule has 0 radical (unpaired) electrons. The smallest absolute Gasteiger partial charge is 0.338 e. The maximum atomic E-state index is 13.5. The number of methoxy groups -OCH3 is 1. The summed E-state index contributed by atoms with van der Waals surface area (Å²) < 4.78 is 9.21. The fraction of sp³-hybridized carbons (Fsp3) is 0.286. The Morgan fingerprint density at radius 1 is 1.11 bits per heavy atom. The van der Waals surface area contributed by atoms with Crippen molar-refractivity contribution < 1.29 is 9.53 Å². The van der Waals surface area contributed by atoms with Crippen LogP contribution in [0.5, 0.6) is 0 Å². The second-order valence-electron chi connectivity index (χ2n) is 9.81. The molecule has 0 amide bonds. The van der Waals surface area contributed by atoms with E-state index in [1.165, 1.54) is 11.8 Å². The first-order valence-electron chi connectivity index (χ1n) is 11.6. The van der Waals surface area contributed by atoms with Gasteiger partial charge in [0.05, 0.1) is 29.8 Å². The SMILES string of the molecule is COC(=O)c1cccc(-n2c(C)cc(C=Nn3c(C(C)(C)C)nc4ccc(Br)cc4c3=O)c2C)c1C. The monoisotopic (exact) mass is 548 g/mol. The van der Waals surface area contributed by atoms with Crippen molar-refractivity contribution in [3.63, 3.8) is 0 Å². The quantitative estimate of drug-likeness (QED) is 0.237. The molecule has 0 saturated carbocycles. The van der Waals surface area contributed by atoms with Crippen LogP contribution in [0.25, 0.3) is 16.6 Å². The molecule has 4 rings (SSSR count). The molecule has 2 aromatic carbocycles. The Hall–Kier alpha value is -3.52. The molecular weight excluding hydrogens is 520 g/mol. The predicted octanol–water partition coefficient (Wildman–Crippen LogP) is 5.84. The number of aryl methyl sites for hydroxylation is 1. The van der Waals surface area contributed by atoms with Crippen molar-refractivity contribution >= 4 is 39.0 Å². The lowest BCUT2D eigenvalue weighted by Crippen LogP contribution is -2.29. The van der Waals surface area contributed by atoms with Crippen LogP contribution in [0.4, 0.5) is 0 Å². The molecule has 0 N–H and O–H groups in total. The molecule has 0 aliphatic carbocycles. The van der Waals surface area contributed by atoms with E-state index < -0.39 is 5.41 Å². The van der Waals surface area contributed by atoms with Gasteiger partial charge in [-0.05, 0) is 62.7 Å². The van der Waals surface area contributed by atoms with E-state index in [4.69, 9.17) is 9.72 Å². The molecule has 2 heterocycles. The predicted molar refractivity (Wildman–Crippen MR) is 147 cm³/mol. The van der Waals surface area contributed by atoms with E-state index in [0.717, 1.165) is 32.7 Å². The van der Waals surface area contributed by atoms with E-state index in [-0.39, 0.29) is 11.5 Å². The van der Waals surface area contributed by atoms with Crippen LogP contribution in [0.2, 0.25) is 0 Å². The minimum Gasteiger partial charge on any atom is -0.465 e. The number of hydrogen-bond acceptors (Lipinski definition) is 5. The number of hydrogen-bond donors (Lipinski definition) is 0. The minimum absolute atomic E-state index is 0.224. The Balaban J connectivity index is 1.86. The van der Waals surface area contributed by atoms with Gasteiger partial charge in [0.25, 0.3) is 5.56 Å².